The highest BCUT2D eigenvalue weighted by atomic mass is 32.1. The molecule has 1 aliphatic heterocycles. The van der Waals surface area contributed by atoms with Crippen LogP contribution in [0.3, 0.4) is 0 Å². The third-order valence-corrected chi connectivity index (χ3v) is 4.88. The van der Waals surface area contributed by atoms with Gasteiger partial charge in [0, 0.05) is 18.7 Å². The summed E-state index contributed by atoms with van der Waals surface area (Å²) >= 11 is 1.63. The lowest BCUT2D eigenvalue weighted by atomic mass is 9.87. The molecule has 0 bridgehead atoms. The summed E-state index contributed by atoms with van der Waals surface area (Å²) in [4.78, 5) is 2.26. The lowest BCUT2D eigenvalue weighted by molar-refractivity contribution is 0.123. The summed E-state index contributed by atoms with van der Waals surface area (Å²) in [5, 5.41) is 20.6. The lowest BCUT2D eigenvalue weighted by Crippen LogP contribution is -2.32. The molecular formula is C16H21N3OS. The highest BCUT2D eigenvalue weighted by molar-refractivity contribution is 7.18. The minimum atomic E-state index is -0.216. The number of hydrogen-bond acceptors (Lipinski definition) is 5. The molecule has 0 spiro atoms. The van der Waals surface area contributed by atoms with Gasteiger partial charge in [-0.1, -0.05) is 55.5 Å². The molecule has 1 unspecified atom stereocenters. The van der Waals surface area contributed by atoms with Gasteiger partial charge in [-0.25, -0.2) is 0 Å². The van der Waals surface area contributed by atoms with Crippen LogP contribution in [-0.4, -0.2) is 34.5 Å². The molecular weight excluding hydrogens is 282 g/mol. The maximum absolute atomic E-state index is 10.0. The summed E-state index contributed by atoms with van der Waals surface area (Å²) in [5.74, 6) is 0. The zero-order valence-electron chi connectivity index (χ0n) is 12.5. The van der Waals surface area contributed by atoms with Crippen LogP contribution < -0.4 is 4.90 Å². The second-order valence-corrected chi connectivity index (χ2v) is 7.44. The first kappa shape index (κ1) is 14.5. The Labute approximate surface area is 129 Å². The van der Waals surface area contributed by atoms with E-state index in [0.717, 1.165) is 41.6 Å². The van der Waals surface area contributed by atoms with Crippen LogP contribution >= 0.6 is 11.3 Å². The Morgan fingerprint density at radius 3 is 2.76 bits per heavy atom. The Hall–Kier alpha value is -1.46. The van der Waals surface area contributed by atoms with Gasteiger partial charge in [-0.15, -0.1) is 10.2 Å². The van der Waals surface area contributed by atoms with E-state index in [-0.39, 0.29) is 11.5 Å². The fraction of sp³-hybridized carbons (Fsp3) is 0.500. The maximum Gasteiger partial charge on any atom is 0.208 e. The van der Waals surface area contributed by atoms with Crippen molar-refractivity contribution in [2.75, 3.05) is 18.0 Å². The second-order valence-electron chi connectivity index (χ2n) is 6.49. The molecule has 2 heterocycles. The Balaban J connectivity index is 1.82. The number of aliphatic hydroxyl groups is 1. The van der Waals surface area contributed by atoms with Gasteiger partial charge in [0.15, 0.2) is 0 Å². The Kier molecular flexibility index (Phi) is 3.95. The van der Waals surface area contributed by atoms with E-state index in [4.69, 9.17) is 0 Å². The highest BCUT2D eigenvalue weighted by Crippen LogP contribution is 2.34. The van der Waals surface area contributed by atoms with Crippen molar-refractivity contribution in [1.29, 1.82) is 0 Å². The van der Waals surface area contributed by atoms with E-state index in [1.165, 1.54) is 0 Å². The average molecular weight is 303 g/mol. The molecule has 3 rings (SSSR count). The maximum atomic E-state index is 10.0. The lowest BCUT2D eigenvalue weighted by Gasteiger charge is -2.29. The summed E-state index contributed by atoms with van der Waals surface area (Å²) in [6.45, 7) is 6.16. The fourth-order valence-electron chi connectivity index (χ4n) is 2.91. The van der Waals surface area contributed by atoms with Crippen molar-refractivity contribution in [1.82, 2.24) is 10.2 Å². The molecule has 0 amide bonds. The van der Waals surface area contributed by atoms with Gasteiger partial charge in [-0.2, -0.15) is 0 Å². The van der Waals surface area contributed by atoms with Crippen molar-refractivity contribution in [2.45, 2.75) is 32.8 Å². The summed E-state index contributed by atoms with van der Waals surface area (Å²) in [6.07, 6.45) is 1.42. The van der Waals surface area contributed by atoms with Crippen molar-refractivity contribution in [3.8, 4) is 10.6 Å². The molecule has 21 heavy (non-hydrogen) atoms. The molecule has 1 N–H and O–H groups in total. The highest BCUT2D eigenvalue weighted by Gasteiger charge is 2.30. The van der Waals surface area contributed by atoms with Gasteiger partial charge in [-0.3, -0.25) is 0 Å². The standard InChI is InChI=1S/C16H21N3OS/c1-16(2)10-13(20)8-9-19(11-16)15-18-17-14(21-15)12-6-4-3-5-7-12/h3-7,13,20H,8-11H2,1-2H3. The first-order valence-corrected chi connectivity index (χ1v) is 8.17. The van der Waals surface area contributed by atoms with Crippen molar-refractivity contribution in [3.05, 3.63) is 30.3 Å². The monoisotopic (exact) mass is 303 g/mol. The largest absolute Gasteiger partial charge is 0.393 e. The molecule has 1 aliphatic rings. The number of rotatable bonds is 2. The number of aromatic nitrogens is 2. The normalized spacial score (nSPS) is 22.0. The Morgan fingerprint density at radius 1 is 1.24 bits per heavy atom. The average Bonchev–Trinajstić information content (AvgIpc) is 2.88. The molecule has 112 valence electrons. The molecule has 0 radical (unpaired) electrons. The van der Waals surface area contributed by atoms with Crippen LogP contribution in [0.2, 0.25) is 0 Å². The number of nitrogens with zero attached hydrogens (tertiary/aromatic N) is 3. The minimum Gasteiger partial charge on any atom is -0.393 e. The van der Waals surface area contributed by atoms with Crippen LogP contribution in [0.1, 0.15) is 26.7 Å². The van der Waals surface area contributed by atoms with E-state index < -0.39 is 0 Å². The van der Waals surface area contributed by atoms with E-state index in [9.17, 15) is 5.11 Å². The number of benzene rings is 1. The molecule has 4 nitrogen and oxygen atoms in total. The van der Waals surface area contributed by atoms with Crippen LogP contribution in [0.25, 0.3) is 10.6 Å². The minimum absolute atomic E-state index is 0.0918. The summed E-state index contributed by atoms with van der Waals surface area (Å²) in [6, 6.07) is 10.1. The first-order valence-electron chi connectivity index (χ1n) is 7.35. The molecule has 5 heteroatoms. The third kappa shape index (κ3) is 3.41. The predicted molar refractivity (Wildman–Crippen MR) is 86.6 cm³/mol. The summed E-state index contributed by atoms with van der Waals surface area (Å²) in [5.41, 5.74) is 1.20. The smallest absolute Gasteiger partial charge is 0.208 e. The zero-order chi connectivity index (χ0) is 14.9. The van der Waals surface area contributed by atoms with Crippen LogP contribution in [0.5, 0.6) is 0 Å². The molecule has 1 saturated heterocycles. The van der Waals surface area contributed by atoms with Crippen molar-refractivity contribution < 1.29 is 5.11 Å². The van der Waals surface area contributed by atoms with Gasteiger partial charge in [0.25, 0.3) is 0 Å². The summed E-state index contributed by atoms with van der Waals surface area (Å²) in [7, 11) is 0. The quantitative estimate of drug-likeness (QED) is 0.925. The third-order valence-electron chi connectivity index (χ3n) is 3.84. The SMILES string of the molecule is CC1(C)CC(O)CCN(c2nnc(-c3ccccc3)s2)C1. The predicted octanol–water partition coefficient (Wildman–Crippen LogP) is 3.19. The Bertz CT molecular complexity index is 597. The topological polar surface area (TPSA) is 49.2 Å². The van der Waals surface area contributed by atoms with E-state index in [0.29, 0.717) is 0 Å². The van der Waals surface area contributed by atoms with Gasteiger partial charge in [-0.05, 0) is 18.3 Å². The molecule has 0 saturated carbocycles. The molecule has 1 aromatic carbocycles. The number of aliphatic hydroxyl groups excluding tert-OH is 1. The first-order chi connectivity index (χ1) is 10.0. The molecule has 1 aromatic heterocycles. The van der Waals surface area contributed by atoms with E-state index in [2.05, 4.69) is 41.1 Å². The van der Waals surface area contributed by atoms with E-state index >= 15 is 0 Å². The van der Waals surface area contributed by atoms with Crippen LogP contribution in [0.15, 0.2) is 30.3 Å². The van der Waals surface area contributed by atoms with Gasteiger partial charge in [0.1, 0.15) is 5.01 Å². The van der Waals surface area contributed by atoms with Crippen molar-refractivity contribution >= 4 is 16.5 Å². The van der Waals surface area contributed by atoms with Crippen molar-refractivity contribution in [2.24, 2.45) is 5.41 Å². The second kappa shape index (κ2) is 5.73. The van der Waals surface area contributed by atoms with Gasteiger partial charge in [0.2, 0.25) is 5.13 Å². The molecule has 1 atom stereocenters. The summed E-state index contributed by atoms with van der Waals surface area (Å²) < 4.78 is 0. The zero-order valence-corrected chi connectivity index (χ0v) is 13.3. The Morgan fingerprint density at radius 2 is 2.00 bits per heavy atom. The van der Waals surface area contributed by atoms with Gasteiger partial charge >= 0.3 is 0 Å². The molecule has 1 fully saturated rings. The molecule has 2 aromatic rings. The van der Waals surface area contributed by atoms with Crippen molar-refractivity contribution in [3.63, 3.8) is 0 Å². The van der Waals surface area contributed by atoms with Gasteiger partial charge in [0.05, 0.1) is 6.10 Å². The van der Waals surface area contributed by atoms with E-state index in [1.54, 1.807) is 11.3 Å². The van der Waals surface area contributed by atoms with Crippen LogP contribution in [0, 0.1) is 5.41 Å². The van der Waals surface area contributed by atoms with E-state index in [1.807, 2.05) is 18.2 Å². The fourth-order valence-corrected chi connectivity index (χ4v) is 3.78. The van der Waals surface area contributed by atoms with Crippen LogP contribution in [0.4, 0.5) is 5.13 Å². The number of anilines is 1. The van der Waals surface area contributed by atoms with Crippen LogP contribution in [-0.2, 0) is 0 Å². The van der Waals surface area contributed by atoms with Gasteiger partial charge < -0.3 is 10.0 Å². The molecule has 0 aliphatic carbocycles. The number of hydrogen-bond donors (Lipinski definition) is 1.